The van der Waals surface area contributed by atoms with Gasteiger partial charge in [-0.1, -0.05) is 30.1 Å². The lowest BCUT2D eigenvalue weighted by atomic mass is 9.80. The Morgan fingerprint density at radius 1 is 1.20 bits per heavy atom. The van der Waals surface area contributed by atoms with Crippen molar-refractivity contribution >= 4 is 56.7 Å². The van der Waals surface area contributed by atoms with Crippen LogP contribution in [-0.4, -0.2) is 18.8 Å². The first kappa shape index (κ1) is 18.8. The fourth-order valence-electron chi connectivity index (χ4n) is 3.41. The first-order valence-corrected chi connectivity index (χ1v) is 9.80. The van der Waals surface area contributed by atoms with Gasteiger partial charge in [0.1, 0.15) is 0 Å². The zero-order valence-electron chi connectivity index (χ0n) is 14.8. The maximum Gasteiger partial charge on any atom is 0.0645 e. The van der Waals surface area contributed by atoms with Gasteiger partial charge in [-0.25, -0.2) is 0 Å². The van der Waals surface area contributed by atoms with Crippen molar-refractivity contribution in [3.05, 3.63) is 56.0 Å². The van der Waals surface area contributed by atoms with Crippen molar-refractivity contribution in [1.82, 2.24) is 0 Å². The zero-order chi connectivity index (χ0) is 18.4. The molecule has 132 valence electrons. The molecule has 0 aliphatic carbocycles. The molecule has 3 rings (SSSR count). The van der Waals surface area contributed by atoms with E-state index in [9.17, 15) is 0 Å². The first-order valence-electron chi connectivity index (χ1n) is 8.25. The third kappa shape index (κ3) is 3.74. The van der Waals surface area contributed by atoms with E-state index in [-0.39, 0.29) is 5.54 Å². The van der Waals surface area contributed by atoms with Gasteiger partial charge in [-0.05, 0) is 78.0 Å². The predicted octanol–water partition coefficient (Wildman–Crippen LogP) is 7.23. The van der Waals surface area contributed by atoms with Gasteiger partial charge in [-0.2, -0.15) is 0 Å². The van der Waals surface area contributed by atoms with Crippen molar-refractivity contribution in [2.24, 2.45) is 4.99 Å². The van der Waals surface area contributed by atoms with Crippen LogP contribution in [0.4, 0.5) is 11.4 Å². The number of fused-ring (bicyclic) bond motifs is 1. The number of nitrogens with zero attached hydrogens (tertiary/aromatic N) is 2. The molecule has 1 heterocycles. The van der Waals surface area contributed by atoms with Gasteiger partial charge in [0.2, 0.25) is 0 Å². The lowest BCUT2D eigenvalue weighted by Gasteiger charge is -2.45. The zero-order valence-corrected chi connectivity index (χ0v) is 17.9. The Morgan fingerprint density at radius 2 is 1.92 bits per heavy atom. The minimum Gasteiger partial charge on any atom is -0.369 e. The van der Waals surface area contributed by atoms with Crippen LogP contribution in [0.15, 0.2) is 39.8 Å². The van der Waals surface area contributed by atoms with Crippen LogP contribution in [0.2, 0.25) is 10.0 Å². The molecular weight excluding hydrogens is 419 g/mol. The minimum absolute atomic E-state index is 0.125. The summed E-state index contributed by atoms with van der Waals surface area (Å²) in [5, 5.41) is 1.35. The molecule has 0 spiro atoms. The molecule has 2 aromatic rings. The number of halogens is 3. The Balaban J connectivity index is 1.98. The van der Waals surface area contributed by atoms with E-state index in [0.29, 0.717) is 16.0 Å². The average molecular weight is 440 g/mol. The van der Waals surface area contributed by atoms with E-state index >= 15 is 0 Å². The smallest absolute Gasteiger partial charge is 0.0645 e. The molecule has 1 atom stereocenters. The van der Waals surface area contributed by atoms with Gasteiger partial charge in [-0.15, -0.1) is 0 Å². The summed E-state index contributed by atoms with van der Waals surface area (Å²) in [7, 11) is 2.14. The quantitative estimate of drug-likeness (QED) is 0.450. The van der Waals surface area contributed by atoms with E-state index in [0.717, 1.165) is 22.1 Å². The van der Waals surface area contributed by atoms with Crippen LogP contribution in [0.25, 0.3) is 0 Å². The predicted molar refractivity (Wildman–Crippen MR) is 113 cm³/mol. The largest absolute Gasteiger partial charge is 0.369 e. The molecule has 1 unspecified atom stereocenters. The second-order valence-corrected chi connectivity index (χ2v) is 8.93. The molecule has 0 radical (unpaired) electrons. The second kappa shape index (κ2) is 6.94. The van der Waals surface area contributed by atoms with Gasteiger partial charge in [0.25, 0.3) is 0 Å². The molecule has 25 heavy (non-hydrogen) atoms. The first-order chi connectivity index (χ1) is 11.7. The van der Waals surface area contributed by atoms with Crippen molar-refractivity contribution in [3.8, 4) is 0 Å². The number of hydrogen-bond acceptors (Lipinski definition) is 2. The van der Waals surface area contributed by atoms with Crippen LogP contribution in [0.3, 0.4) is 0 Å². The van der Waals surface area contributed by atoms with E-state index in [4.69, 9.17) is 23.2 Å². The number of anilines is 1. The Labute approximate surface area is 168 Å². The molecule has 2 aromatic carbocycles. The Kier molecular flexibility index (Phi) is 5.21. The summed E-state index contributed by atoms with van der Waals surface area (Å²) in [6, 6.07) is 9.86. The molecule has 1 aliphatic heterocycles. The van der Waals surface area contributed by atoms with Gasteiger partial charge < -0.3 is 4.90 Å². The monoisotopic (exact) mass is 438 g/mol. The highest BCUT2D eigenvalue weighted by molar-refractivity contribution is 9.10. The SMILES string of the molecule is CC1CC(C)(C)N(C)c2cc(Cl)c(C=Nc3ccc(Br)c(Cl)c3)cc21. The molecular formula is C20H21BrCl2N2. The minimum atomic E-state index is 0.125. The normalized spacial score (nSPS) is 19.3. The van der Waals surface area contributed by atoms with Gasteiger partial charge in [0.15, 0.2) is 0 Å². The summed E-state index contributed by atoms with van der Waals surface area (Å²) in [5.41, 5.74) is 4.38. The van der Waals surface area contributed by atoms with Gasteiger partial charge in [0.05, 0.1) is 15.7 Å². The topological polar surface area (TPSA) is 15.6 Å². The fraction of sp³-hybridized carbons (Fsp3) is 0.350. The van der Waals surface area contributed by atoms with Crippen LogP contribution in [0.5, 0.6) is 0 Å². The number of aliphatic imine (C=N–C) groups is 1. The van der Waals surface area contributed by atoms with E-state index in [1.807, 2.05) is 24.4 Å². The molecule has 0 amide bonds. The number of benzene rings is 2. The van der Waals surface area contributed by atoms with Crippen molar-refractivity contribution in [2.45, 2.75) is 38.6 Å². The van der Waals surface area contributed by atoms with Crippen LogP contribution < -0.4 is 4.90 Å². The Hall–Kier alpha value is -1.03. The molecule has 5 heteroatoms. The highest BCUT2D eigenvalue weighted by Crippen LogP contribution is 2.44. The molecule has 0 saturated carbocycles. The molecule has 0 fully saturated rings. The van der Waals surface area contributed by atoms with Gasteiger partial charge in [-0.3, -0.25) is 4.99 Å². The van der Waals surface area contributed by atoms with Gasteiger partial charge >= 0.3 is 0 Å². The highest BCUT2D eigenvalue weighted by Gasteiger charge is 2.34. The molecule has 0 aromatic heterocycles. The third-order valence-corrected chi connectivity index (χ3v) is 6.57. The third-order valence-electron chi connectivity index (χ3n) is 5.01. The van der Waals surface area contributed by atoms with E-state index in [2.05, 4.69) is 65.8 Å². The summed E-state index contributed by atoms with van der Waals surface area (Å²) >= 11 is 16.1. The summed E-state index contributed by atoms with van der Waals surface area (Å²) in [4.78, 5) is 6.86. The maximum absolute atomic E-state index is 6.54. The van der Waals surface area contributed by atoms with E-state index in [1.165, 1.54) is 11.3 Å². The van der Waals surface area contributed by atoms with E-state index < -0.39 is 0 Å². The molecule has 0 saturated heterocycles. The Morgan fingerprint density at radius 3 is 2.60 bits per heavy atom. The van der Waals surface area contributed by atoms with Crippen molar-refractivity contribution in [3.63, 3.8) is 0 Å². The van der Waals surface area contributed by atoms with Crippen LogP contribution in [-0.2, 0) is 0 Å². The fourth-order valence-corrected chi connectivity index (χ4v) is 4.04. The van der Waals surface area contributed by atoms with Crippen molar-refractivity contribution in [1.29, 1.82) is 0 Å². The molecule has 2 nitrogen and oxygen atoms in total. The average Bonchev–Trinajstić information content (AvgIpc) is 2.54. The Bertz CT molecular complexity index is 846. The summed E-state index contributed by atoms with van der Waals surface area (Å²) in [6.07, 6.45) is 2.92. The van der Waals surface area contributed by atoms with Crippen LogP contribution in [0, 0.1) is 0 Å². The summed E-state index contributed by atoms with van der Waals surface area (Å²) in [6.45, 7) is 6.82. The lowest BCUT2D eigenvalue weighted by Crippen LogP contribution is -2.45. The molecule has 0 bridgehead atoms. The van der Waals surface area contributed by atoms with Crippen molar-refractivity contribution in [2.75, 3.05) is 11.9 Å². The second-order valence-electron chi connectivity index (χ2n) is 7.27. The summed E-state index contributed by atoms with van der Waals surface area (Å²) in [5.74, 6) is 0.479. The maximum atomic E-state index is 6.54. The van der Waals surface area contributed by atoms with Crippen LogP contribution in [0.1, 0.15) is 44.2 Å². The molecule has 1 aliphatic rings. The number of hydrogen-bond donors (Lipinski definition) is 0. The molecule has 0 N–H and O–H groups in total. The van der Waals surface area contributed by atoms with Crippen LogP contribution >= 0.6 is 39.1 Å². The van der Waals surface area contributed by atoms with E-state index in [1.54, 1.807) is 0 Å². The summed E-state index contributed by atoms with van der Waals surface area (Å²) < 4.78 is 0.861. The lowest BCUT2D eigenvalue weighted by molar-refractivity contribution is 0.395. The standard InChI is InChI=1S/C20H21BrCl2N2/c1-12-10-20(2,3)25(4)19-9-17(22)13(7-15(12)19)11-24-14-5-6-16(21)18(23)8-14/h5-9,11-12H,10H2,1-4H3. The highest BCUT2D eigenvalue weighted by atomic mass is 79.9. The van der Waals surface area contributed by atoms with Gasteiger partial charge in [0, 0.05) is 34.5 Å². The van der Waals surface area contributed by atoms with Crippen molar-refractivity contribution < 1.29 is 0 Å². The number of rotatable bonds is 2.